The molecule has 1 aromatic rings. The van der Waals surface area contributed by atoms with Crippen LogP contribution in [0, 0.1) is 5.92 Å². The summed E-state index contributed by atoms with van der Waals surface area (Å²) in [7, 11) is 1.65. The van der Waals surface area contributed by atoms with Crippen LogP contribution in [0.1, 0.15) is 27.2 Å². The number of amides is 2. The molecule has 2 rings (SSSR count). The first kappa shape index (κ1) is 22.5. The van der Waals surface area contributed by atoms with Crippen LogP contribution in [0.5, 0.6) is 0 Å². The Morgan fingerprint density at radius 1 is 1.29 bits per heavy atom. The fraction of sp³-hybridized carbons (Fsp3) is 0.778. The molecule has 1 aromatic heterocycles. The van der Waals surface area contributed by atoms with E-state index in [9.17, 15) is 9.59 Å². The molecule has 9 nitrogen and oxygen atoms in total. The van der Waals surface area contributed by atoms with E-state index in [1.165, 1.54) is 16.7 Å². The second kappa shape index (κ2) is 11.3. The van der Waals surface area contributed by atoms with Crippen LogP contribution in [-0.2, 0) is 20.9 Å². The lowest BCUT2D eigenvalue weighted by Gasteiger charge is -2.28. The van der Waals surface area contributed by atoms with Crippen LogP contribution in [0.15, 0.2) is 5.16 Å². The van der Waals surface area contributed by atoms with Gasteiger partial charge in [0.2, 0.25) is 17.8 Å². The van der Waals surface area contributed by atoms with E-state index in [2.05, 4.69) is 38.8 Å². The first-order valence-electron chi connectivity index (χ1n) is 9.81. The Hall–Kier alpha value is -1.81. The molecule has 0 radical (unpaired) electrons. The van der Waals surface area contributed by atoms with E-state index < -0.39 is 0 Å². The maximum atomic E-state index is 12.4. The van der Waals surface area contributed by atoms with Crippen LogP contribution in [0.2, 0.25) is 0 Å². The van der Waals surface area contributed by atoms with Crippen molar-refractivity contribution in [3.8, 4) is 0 Å². The molecule has 158 valence electrons. The summed E-state index contributed by atoms with van der Waals surface area (Å²) in [4.78, 5) is 27.8. The molecule has 1 saturated heterocycles. The molecule has 1 aliphatic rings. The van der Waals surface area contributed by atoms with E-state index in [0.29, 0.717) is 25.7 Å². The fourth-order valence-electron chi connectivity index (χ4n) is 2.77. The van der Waals surface area contributed by atoms with Crippen LogP contribution in [0.3, 0.4) is 0 Å². The van der Waals surface area contributed by atoms with Gasteiger partial charge in [-0.05, 0) is 12.3 Å². The SMILES string of the molecule is CCCNC(=O)CN(C)C(=O)CSc1nnc(N2CCOCC2)n1CC(C)C. The summed E-state index contributed by atoms with van der Waals surface area (Å²) in [6.45, 7) is 10.7. The molecule has 0 unspecified atom stereocenters. The predicted octanol–water partition coefficient (Wildman–Crippen LogP) is 0.847. The number of likely N-dealkylation sites (N-methyl/N-ethyl adjacent to an activating group) is 1. The summed E-state index contributed by atoms with van der Waals surface area (Å²) in [5, 5.41) is 12.2. The highest BCUT2D eigenvalue weighted by Gasteiger charge is 2.22. The largest absolute Gasteiger partial charge is 0.378 e. The molecular weight excluding hydrogens is 380 g/mol. The van der Waals surface area contributed by atoms with Crippen molar-refractivity contribution in [2.24, 2.45) is 5.92 Å². The molecule has 0 spiro atoms. The van der Waals surface area contributed by atoms with Crippen molar-refractivity contribution in [3.05, 3.63) is 0 Å². The third kappa shape index (κ3) is 6.66. The highest BCUT2D eigenvalue weighted by atomic mass is 32.2. The van der Waals surface area contributed by atoms with E-state index in [1.54, 1.807) is 7.05 Å². The number of hydrogen-bond acceptors (Lipinski definition) is 7. The molecule has 1 fully saturated rings. The third-order valence-corrected chi connectivity index (χ3v) is 5.19. The number of thioether (sulfide) groups is 1. The highest BCUT2D eigenvalue weighted by Crippen LogP contribution is 2.24. The number of anilines is 1. The van der Waals surface area contributed by atoms with Crippen molar-refractivity contribution < 1.29 is 14.3 Å². The van der Waals surface area contributed by atoms with Crippen LogP contribution in [0.4, 0.5) is 5.95 Å². The molecule has 0 saturated carbocycles. The molecule has 1 aliphatic heterocycles. The summed E-state index contributed by atoms with van der Waals surface area (Å²) < 4.78 is 7.51. The summed E-state index contributed by atoms with van der Waals surface area (Å²) in [6, 6.07) is 0. The Morgan fingerprint density at radius 3 is 2.64 bits per heavy atom. The van der Waals surface area contributed by atoms with Gasteiger partial charge < -0.3 is 19.9 Å². The number of hydrogen-bond donors (Lipinski definition) is 1. The molecule has 2 amide bonds. The molecule has 0 aromatic carbocycles. The van der Waals surface area contributed by atoms with Crippen LogP contribution in [0.25, 0.3) is 0 Å². The first-order valence-corrected chi connectivity index (χ1v) is 10.8. The number of nitrogens with zero attached hydrogens (tertiary/aromatic N) is 5. The van der Waals surface area contributed by atoms with E-state index in [0.717, 1.165) is 37.2 Å². The topological polar surface area (TPSA) is 92.6 Å². The normalized spacial score (nSPS) is 14.4. The highest BCUT2D eigenvalue weighted by molar-refractivity contribution is 7.99. The van der Waals surface area contributed by atoms with Crippen LogP contribution >= 0.6 is 11.8 Å². The van der Waals surface area contributed by atoms with Crippen LogP contribution < -0.4 is 10.2 Å². The second-order valence-electron chi connectivity index (χ2n) is 7.27. The zero-order valence-electron chi connectivity index (χ0n) is 17.3. The number of rotatable bonds is 10. The van der Waals surface area contributed by atoms with E-state index in [1.807, 2.05) is 6.92 Å². The first-order chi connectivity index (χ1) is 13.4. The maximum absolute atomic E-state index is 12.4. The number of aromatic nitrogens is 3. The molecule has 0 atom stereocenters. The average molecular weight is 413 g/mol. The minimum absolute atomic E-state index is 0.0666. The third-order valence-electron chi connectivity index (χ3n) is 4.24. The number of nitrogens with one attached hydrogen (secondary N) is 1. The Labute approximate surface area is 171 Å². The summed E-state index contributed by atoms with van der Waals surface area (Å²) in [5.74, 6) is 1.23. The fourth-order valence-corrected chi connectivity index (χ4v) is 3.65. The number of carbonyl (C=O) groups excluding carboxylic acids is 2. The van der Waals surface area contributed by atoms with Gasteiger partial charge in [0, 0.05) is 33.2 Å². The van der Waals surface area contributed by atoms with Gasteiger partial charge in [-0.2, -0.15) is 0 Å². The Bertz CT molecular complexity index is 645. The predicted molar refractivity (Wildman–Crippen MR) is 110 cm³/mol. The van der Waals surface area contributed by atoms with E-state index >= 15 is 0 Å². The van der Waals surface area contributed by atoms with Crippen molar-refractivity contribution in [1.82, 2.24) is 25.0 Å². The Balaban J connectivity index is 1.97. The van der Waals surface area contributed by atoms with Crippen molar-refractivity contribution in [2.45, 2.75) is 38.9 Å². The minimum atomic E-state index is -0.139. The molecule has 0 aliphatic carbocycles. The number of morpholine rings is 1. The van der Waals surface area contributed by atoms with Gasteiger partial charge in [-0.1, -0.05) is 32.5 Å². The summed E-state index contributed by atoms with van der Waals surface area (Å²) in [6.07, 6.45) is 0.871. The van der Waals surface area contributed by atoms with Gasteiger partial charge in [-0.3, -0.25) is 14.2 Å². The molecule has 28 heavy (non-hydrogen) atoms. The van der Waals surface area contributed by atoms with Crippen molar-refractivity contribution in [2.75, 3.05) is 57.1 Å². The minimum Gasteiger partial charge on any atom is -0.378 e. The number of carbonyl (C=O) groups is 2. The molecule has 0 bridgehead atoms. The van der Waals surface area contributed by atoms with E-state index in [4.69, 9.17) is 4.74 Å². The quantitative estimate of drug-likeness (QED) is 0.570. The number of ether oxygens (including phenoxy) is 1. The smallest absolute Gasteiger partial charge is 0.239 e. The lowest BCUT2D eigenvalue weighted by Crippen LogP contribution is -2.39. The van der Waals surface area contributed by atoms with Gasteiger partial charge in [-0.15, -0.1) is 10.2 Å². The Kier molecular flexibility index (Phi) is 9.04. The van der Waals surface area contributed by atoms with Gasteiger partial charge in [0.25, 0.3) is 0 Å². The molecule has 2 heterocycles. The lowest BCUT2D eigenvalue weighted by molar-refractivity contribution is -0.132. The van der Waals surface area contributed by atoms with Crippen molar-refractivity contribution in [3.63, 3.8) is 0 Å². The van der Waals surface area contributed by atoms with Gasteiger partial charge in [0.15, 0.2) is 5.16 Å². The van der Waals surface area contributed by atoms with Gasteiger partial charge in [-0.25, -0.2) is 0 Å². The standard InChI is InChI=1S/C18H32N6O3S/c1-5-6-19-15(25)12-22(4)16(26)13-28-18-21-20-17(24(18)11-14(2)3)23-7-9-27-10-8-23/h14H,5-13H2,1-4H3,(H,19,25). The van der Waals surface area contributed by atoms with Crippen molar-refractivity contribution in [1.29, 1.82) is 0 Å². The van der Waals surface area contributed by atoms with Crippen molar-refractivity contribution >= 4 is 29.5 Å². The second-order valence-corrected chi connectivity index (χ2v) is 8.22. The van der Waals surface area contributed by atoms with Gasteiger partial charge in [0.1, 0.15) is 0 Å². The average Bonchev–Trinajstić information content (AvgIpc) is 3.06. The Morgan fingerprint density at radius 2 is 2.00 bits per heavy atom. The maximum Gasteiger partial charge on any atom is 0.239 e. The van der Waals surface area contributed by atoms with Crippen LogP contribution in [-0.4, -0.2) is 83.7 Å². The van der Waals surface area contributed by atoms with E-state index in [-0.39, 0.29) is 24.1 Å². The zero-order valence-corrected chi connectivity index (χ0v) is 18.1. The molecular formula is C18H32N6O3S. The summed E-state index contributed by atoms with van der Waals surface area (Å²) in [5.41, 5.74) is 0. The van der Waals surface area contributed by atoms with Gasteiger partial charge >= 0.3 is 0 Å². The molecule has 10 heteroatoms. The monoisotopic (exact) mass is 412 g/mol. The summed E-state index contributed by atoms with van der Waals surface area (Å²) >= 11 is 1.36. The van der Waals surface area contributed by atoms with Gasteiger partial charge in [0.05, 0.1) is 25.5 Å². The zero-order chi connectivity index (χ0) is 20.5. The lowest BCUT2D eigenvalue weighted by atomic mass is 10.2. The molecule has 1 N–H and O–H groups in total.